The molecule has 0 spiro atoms. The predicted molar refractivity (Wildman–Crippen MR) is 57.0 cm³/mol. The monoisotopic (exact) mass is 198 g/mol. The molecule has 0 saturated heterocycles. The van der Waals surface area contributed by atoms with Gasteiger partial charge in [0.25, 0.3) is 0 Å². The van der Waals surface area contributed by atoms with Crippen LogP contribution in [-0.2, 0) is 9.53 Å². The van der Waals surface area contributed by atoms with E-state index in [-0.39, 0.29) is 12.1 Å². The topological polar surface area (TPSA) is 26.3 Å². The zero-order valence-electron chi connectivity index (χ0n) is 9.80. The molecule has 0 aromatic heterocycles. The molecule has 1 aliphatic carbocycles. The lowest BCUT2D eigenvalue weighted by atomic mass is 9.71. The van der Waals surface area contributed by atoms with Gasteiger partial charge in [-0.25, -0.2) is 0 Å². The highest BCUT2D eigenvalue weighted by Crippen LogP contribution is 2.39. The van der Waals surface area contributed by atoms with Crippen LogP contribution < -0.4 is 0 Å². The van der Waals surface area contributed by atoms with Crippen molar-refractivity contribution in [2.24, 2.45) is 11.3 Å². The molecule has 2 atom stereocenters. The van der Waals surface area contributed by atoms with Crippen LogP contribution in [0.2, 0.25) is 0 Å². The highest BCUT2D eigenvalue weighted by Gasteiger charge is 2.33. The average Bonchev–Trinajstić information content (AvgIpc) is 1.99. The quantitative estimate of drug-likeness (QED) is 0.637. The van der Waals surface area contributed by atoms with Crippen LogP contribution in [0.1, 0.15) is 53.4 Å². The van der Waals surface area contributed by atoms with Crippen molar-refractivity contribution < 1.29 is 9.53 Å². The summed E-state index contributed by atoms with van der Waals surface area (Å²) in [5.74, 6) is 0.619. The molecule has 0 aliphatic heterocycles. The molecular formula is C12H22O2. The van der Waals surface area contributed by atoms with Crippen LogP contribution in [-0.4, -0.2) is 12.1 Å². The highest BCUT2D eigenvalue weighted by atomic mass is 16.5. The smallest absolute Gasteiger partial charge is 0.305 e. The first-order valence-electron chi connectivity index (χ1n) is 5.62. The van der Waals surface area contributed by atoms with Crippen LogP contribution >= 0.6 is 0 Å². The molecule has 0 bridgehead atoms. The van der Waals surface area contributed by atoms with Crippen LogP contribution in [0.25, 0.3) is 0 Å². The van der Waals surface area contributed by atoms with Crippen LogP contribution in [0.3, 0.4) is 0 Å². The fourth-order valence-electron chi connectivity index (χ4n) is 2.62. The molecule has 2 nitrogen and oxygen atoms in total. The summed E-state index contributed by atoms with van der Waals surface area (Å²) in [6.45, 7) is 8.61. The van der Waals surface area contributed by atoms with Crippen molar-refractivity contribution in [1.82, 2.24) is 0 Å². The second-order valence-electron chi connectivity index (χ2n) is 5.38. The standard InChI is InChI=1S/C12H22O2/c1-5-11(13)14-10-6-9(2)7-12(3,4)8-10/h9-10H,5-8H2,1-4H3. The summed E-state index contributed by atoms with van der Waals surface area (Å²) in [5.41, 5.74) is 0.330. The summed E-state index contributed by atoms with van der Waals surface area (Å²) in [7, 11) is 0. The Morgan fingerprint density at radius 2 is 2.07 bits per heavy atom. The lowest BCUT2D eigenvalue weighted by Crippen LogP contribution is -2.33. The van der Waals surface area contributed by atoms with Crippen molar-refractivity contribution in [2.75, 3.05) is 0 Å². The Bertz CT molecular complexity index is 208. The molecule has 1 rings (SSSR count). The van der Waals surface area contributed by atoms with Gasteiger partial charge in [0.05, 0.1) is 0 Å². The van der Waals surface area contributed by atoms with Crippen molar-refractivity contribution in [1.29, 1.82) is 0 Å². The fourth-order valence-corrected chi connectivity index (χ4v) is 2.62. The SMILES string of the molecule is CCC(=O)OC1CC(C)CC(C)(C)C1. The average molecular weight is 198 g/mol. The summed E-state index contributed by atoms with van der Waals surface area (Å²) in [4.78, 5) is 11.2. The van der Waals surface area contributed by atoms with Gasteiger partial charge >= 0.3 is 5.97 Å². The number of hydrogen-bond donors (Lipinski definition) is 0. The maximum Gasteiger partial charge on any atom is 0.305 e. The van der Waals surface area contributed by atoms with E-state index >= 15 is 0 Å². The van der Waals surface area contributed by atoms with Crippen molar-refractivity contribution in [2.45, 2.75) is 59.5 Å². The van der Waals surface area contributed by atoms with E-state index in [9.17, 15) is 4.79 Å². The lowest BCUT2D eigenvalue weighted by molar-refractivity contribution is -0.153. The summed E-state index contributed by atoms with van der Waals surface area (Å²) in [5, 5.41) is 0. The Hall–Kier alpha value is -0.530. The molecule has 0 amide bonds. The molecular weight excluding hydrogens is 176 g/mol. The van der Waals surface area contributed by atoms with E-state index < -0.39 is 0 Å². The lowest BCUT2D eigenvalue weighted by Gasteiger charge is -2.38. The number of hydrogen-bond acceptors (Lipinski definition) is 2. The van der Waals surface area contributed by atoms with E-state index in [1.54, 1.807) is 0 Å². The largest absolute Gasteiger partial charge is 0.462 e. The van der Waals surface area contributed by atoms with E-state index in [0.717, 1.165) is 12.8 Å². The van der Waals surface area contributed by atoms with E-state index in [0.29, 0.717) is 17.8 Å². The van der Waals surface area contributed by atoms with Crippen LogP contribution in [0, 0.1) is 11.3 Å². The van der Waals surface area contributed by atoms with E-state index in [2.05, 4.69) is 20.8 Å². The minimum atomic E-state index is -0.0556. The first kappa shape index (κ1) is 11.5. The first-order valence-corrected chi connectivity index (χ1v) is 5.62. The molecule has 14 heavy (non-hydrogen) atoms. The number of carbonyl (C=O) groups is 1. The number of ether oxygens (including phenoxy) is 1. The predicted octanol–water partition coefficient (Wildman–Crippen LogP) is 3.15. The fraction of sp³-hybridized carbons (Fsp3) is 0.917. The van der Waals surface area contributed by atoms with E-state index in [4.69, 9.17) is 4.74 Å². The third kappa shape index (κ3) is 3.32. The number of carbonyl (C=O) groups excluding carboxylic acids is 1. The van der Waals surface area contributed by atoms with Gasteiger partial charge in [0.15, 0.2) is 0 Å². The van der Waals surface area contributed by atoms with Crippen molar-refractivity contribution in [3.8, 4) is 0 Å². The normalized spacial score (nSPS) is 31.1. The van der Waals surface area contributed by atoms with Crippen LogP contribution in [0.5, 0.6) is 0 Å². The molecule has 2 heteroatoms. The Morgan fingerprint density at radius 1 is 1.43 bits per heavy atom. The second-order valence-corrected chi connectivity index (χ2v) is 5.38. The minimum Gasteiger partial charge on any atom is -0.462 e. The van der Waals surface area contributed by atoms with Crippen molar-refractivity contribution in [3.63, 3.8) is 0 Å². The summed E-state index contributed by atoms with van der Waals surface area (Å²) in [6, 6.07) is 0. The maximum absolute atomic E-state index is 11.2. The maximum atomic E-state index is 11.2. The Kier molecular flexibility index (Phi) is 3.57. The molecule has 0 heterocycles. The third-order valence-electron chi connectivity index (χ3n) is 2.93. The minimum absolute atomic E-state index is 0.0556. The van der Waals surface area contributed by atoms with E-state index in [1.807, 2.05) is 6.92 Å². The Morgan fingerprint density at radius 3 is 2.57 bits per heavy atom. The summed E-state index contributed by atoms with van der Waals surface area (Å²) >= 11 is 0. The molecule has 2 unspecified atom stereocenters. The zero-order chi connectivity index (χ0) is 10.8. The van der Waals surface area contributed by atoms with Crippen LogP contribution in [0.15, 0.2) is 0 Å². The summed E-state index contributed by atoms with van der Waals surface area (Å²) in [6.07, 6.45) is 3.94. The molecule has 0 aromatic rings. The van der Waals surface area contributed by atoms with Gasteiger partial charge in [-0.05, 0) is 30.6 Å². The third-order valence-corrected chi connectivity index (χ3v) is 2.93. The molecule has 1 aliphatic rings. The molecule has 0 N–H and O–H groups in total. The van der Waals surface area contributed by atoms with Crippen molar-refractivity contribution >= 4 is 5.97 Å². The highest BCUT2D eigenvalue weighted by molar-refractivity contribution is 5.69. The number of esters is 1. The van der Waals surface area contributed by atoms with Gasteiger partial charge in [0.2, 0.25) is 0 Å². The zero-order valence-corrected chi connectivity index (χ0v) is 9.80. The first-order chi connectivity index (χ1) is 6.43. The van der Waals surface area contributed by atoms with Gasteiger partial charge in [-0.3, -0.25) is 4.79 Å². The van der Waals surface area contributed by atoms with Gasteiger partial charge in [0.1, 0.15) is 6.10 Å². The number of rotatable bonds is 2. The van der Waals surface area contributed by atoms with Gasteiger partial charge in [0, 0.05) is 6.42 Å². The van der Waals surface area contributed by atoms with Gasteiger partial charge < -0.3 is 4.74 Å². The van der Waals surface area contributed by atoms with Crippen molar-refractivity contribution in [3.05, 3.63) is 0 Å². The van der Waals surface area contributed by atoms with E-state index in [1.165, 1.54) is 6.42 Å². The molecule has 0 radical (unpaired) electrons. The van der Waals surface area contributed by atoms with Gasteiger partial charge in [-0.15, -0.1) is 0 Å². The molecule has 0 aromatic carbocycles. The van der Waals surface area contributed by atoms with Gasteiger partial charge in [-0.2, -0.15) is 0 Å². The van der Waals surface area contributed by atoms with Gasteiger partial charge in [-0.1, -0.05) is 27.7 Å². The molecule has 1 fully saturated rings. The molecule has 1 saturated carbocycles. The Labute approximate surface area is 87.0 Å². The van der Waals surface area contributed by atoms with Crippen LogP contribution in [0.4, 0.5) is 0 Å². The summed E-state index contributed by atoms with van der Waals surface area (Å²) < 4.78 is 5.41. The second kappa shape index (κ2) is 4.33. The molecule has 82 valence electrons. The Balaban J connectivity index is 2.50.